The highest BCUT2D eigenvalue weighted by Crippen LogP contribution is 2.14. The first-order chi connectivity index (χ1) is 10.1. The summed E-state index contributed by atoms with van der Waals surface area (Å²) in [5.74, 6) is 1.31. The largest absolute Gasteiger partial charge is 0.497 e. The third-order valence-corrected chi connectivity index (χ3v) is 4.05. The summed E-state index contributed by atoms with van der Waals surface area (Å²) in [6.45, 7) is 4.91. The maximum absolute atomic E-state index is 12.0. The first kappa shape index (κ1) is 18.7. The molecule has 0 spiro atoms. The molecule has 5 nitrogen and oxygen atoms in total. The van der Waals surface area contributed by atoms with Crippen LogP contribution in [0.25, 0.3) is 0 Å². The van der Waals surface area contributed by atoms with Gasteiger partial charge in [-0.2, -0.15) is 0 Å². The zero-order chi connectivity index (χ0) is 15.2. The van der Waals surface area contributed by atoms with Crippen molar-refractivity contribution >= 4 is 18.3 Å². The Kier molecular flexibility index (Phi) is 7.65. The van der Waals surface area contributed by atoms with E-state index in [-0.39, 0.29) is 24.4 Å². The Hall–Kier alpha value is -1.30. The van der Waals surface area contributed by atoms with Crippen LogP contribution in [0.3, 0.4) is 0 Å². The average molecular weight is 328 g/mol. The molecule has 1 fully saturated rings. The van der Waals surface area contributed by atoms with Gasteiger partial charge in [0.15, 0.2) is 0 Å². The average Bonchev–Trinajstić information content (AvgIpc) is 2.49. The normalized spacial score (nSPS) is 21.8. The molecule has 1 heterocycles. The SMILES string of the molecule is COc1cccc(CNC(=O)CN2CCC(N)C(C)C2)c1.Cl. The molecule has 0 radical (unpaired) electrons. The molecule has 1 aromatic carbocycles. The highest BCUT2D eigenvalue weighted by atomic mass is 35.5. The smallest absolute Gasteiger partial charge is 0.234 e. The van der Waals surface area contributed by atoms with Crippen LogP contribution in [-0.4, -0.2) is 43.6 Å². The Balaban J connectivity index is 0.00000242. The molecule has 22 heavy (non-hydrogen) atoms. The number of carbonyl (C=O) groups excluding carboxylic acids is 1. The van der Waals surface area contributed by atoms with Gasteiger partial charge in [0.2, 0.25) is 5.91 Å². The quantitative estimate of drug-likeness (QED) is 0.858. The highest BCUT2D eigenvalue weighted by molar-refractivity contribution is 5.85. The van der Waals surface area contributed by atoms with Crippen molar-refractivity contribution in [2.24, 2.45) is 11.7 Å². The van der Waals surface area contributed by atoms with Crippen LogP contribution in [0.5, 0.6) is 5.75 Å². The summed E-state index contributed by atoms with van der Waals surface area (Å²) in [5, 5.41) is 2.96. The van der Waals surface area contributed by atoms with Crippen molar-refractivity contribution in [3.63, 3.8) is 0 Å². The van der Waals surface area contributed by atoms with E-state index in [1.165, 1.54) is 0 Å². The van der Waals surface area contributed by atoms with Gasteiger partial charge in [0.25, 0.3) is 0 Å². The second-order valence-electron chi connectivity index (χ2n) is 5.79. The van der Waals surface area contributed by atoms with Gasteiger partial charge in [0.1, 0.15) is 5.75 Å². The van der Waals surface area contributed by atoms with Gasteiger partial charge in [0.05, 0.1) is 13.7 Å². The number of carbonyl (C=O) groups is 1. The lowest BCUT2D eigenvalue weighted by molar-refractivity contribution is -0.122. The van der Waals surface area contributed by atoms with Gasteiger partial charge < -0.3 is 15.8 Å². The van der Waals surface area contributed by atoms with E-state index in [9.17, 15) is 4.79 Å². The molecule has 1 amide bonds. The van der Waals surface area contributed by atoms with E-state index >= 15 is 0 Å². The molecule has 3 N–H and O–H groups in total. The first-order valence-corrected chi connectivity index (χ1v) is 7.46. The summed E-state index contributed by atoms with van der Waals surface area (Å²) in [6, 6.07) is 7.99. The highest BCUT2D eigenvalue weighted by Gasteiger charge is 2.24. The molecule has 0 aliphatic carbocycles. The summed E-state index contributed by atoms with van der Waals surface area (Å²) in [5.41, 5.74) is 7.03. The van der Waals surface area contributed by atoms with Crippen molar-refractivity contribution in [3.8, 4) is 5.75 Å². The number of likely N-dealkylation sites (tertiary alicyclic amines) is 1. The number of hydrogen-bond acceptors (Lipinski definition) is 4. The standard InChI is InChI=1S/C16H25N3O2.ClH/c1-12-10-19(7-6-15(12)17)11-16(20)18-9-13-4-3-5-14(8-13)21-2;/h3-5,8,12,15H,6-7,9-11,17H2,1-2H3,(H,18,20);1H. The summed E-state index contributed by atoms with van der Waals surface area (Å²) in [4.78, 5) is 14.2. The Bertz CT molecular complexity index is 484. The van der Waals surface area contributed by atoms with Crippen LogP contribution in [0.4, 0.5) is 0 Å². The van der Waals surface area contributed by atoms with E-state index in [1.54, 1.807) is 7.11 Å². The summed E-state index contributed by atoms with van der Waals surface area (Å²) < 4.78 is 5.17. The van der Waals surface area contributed by atoms with Gasteiger partial charge in [0, 0.05) is 25.7 Å². The minimum Gasteiger partial charge on any atom is -0.497 e. The van der Waals surface area contributed by atoms with Crippen molar-refractivity contribution in [2.75, 3.05) is 26.7 Å². The number of piperidine rings is 1. The number of methoxy groups -OCH3 is 1. The lowest BCUT2D eigenvalue weighted by atomic mass is 9.95. The summed E-state index contributed by atoms with van der Waals surface area (Å²) in [6.07, 6.45) is 0.963. The van der Waals surface area contributed by atoms with Crippen LogP contribution in [0, 0.1) is 5.92 Å². The number of nitrogens with one attached hydrogen (secondary N) is 1. The van der Waals surface area contributed by atoms with Crippen molar-refractivity contribution in [3.05, 3.63) is 29.8 Å². The molecular formula is C16H26ClN3O2. The molecule has 2 rings (SSSR count). The number of amides is 1. The number of ether oxygens (including phenoxy) is 1. The minimum atomic E-state index is 0. The number of hydrogen-bond donors (Lipinski definition) is 2. The second-order valence-corrected chi connectivity index (χ2v) is 5.79. The third-order valence-electron chi connectivity index (χ3n) is 4.05. The molecule has 1 aliphatic rings. The molecule has 0 bridgehead atoms. The van der Waals surface area contributed by atoms with E-state index in [1.807, 2.05) is 24.3 Å². The molecule has 0 saturated carbocycles. The van der Waals surface area contributed by atoms with Crippen LogP contribution in [0.2, 0.25) is 0 Å². The van der Waals surface area contributed by atoms with Gasteiger partial charge >= 0.3 is 0 Å². The van der Waals surface area contributed by atoms with Crippen molar-refractivity contribution in [2.45, 2.75) is 25.9 Å². The molecule has 6 heteroatoms. The Labute approximate surface area is 138 Å². The van der Waals surface area contributed by atoms with Gasteiger partial charge in [-0.1, -0.05) is 19.1 Å². The lowest BCUT2D eigenvalue weighted by Gasteiger charge is -2.34. The predicted octanol–water partition coefficient (Wildman–Crippen LogP) is 1.40. The maximum Gasteiger partial charge on any atom is 0.234 e. The Morgan fingerprint density at radius 2 is 2.27 bits per heavy atom. The van der Waals surface area contributed by atoms with Crippen molar-refractivity contribution in [1.82, 2.24) is 10.2 Å². The maximum atomic E-state index is 12.0. The van der Waals surface area contributed by atoms with E-state index < -0.39 is 0 Å². The molecule has 0 aromatic heterocycles. The minimum absolute atomic E-state index is 0. The molecule has 1 aliphatic heterocycles. The topological polar surface area (TPSA) is 67.6 Å². The number of nitrogens with two attached hydrogens (primary N) is 1. The zero-order valence-corrected chi connectivity index (χ0v) is 14.1. The molecule has 2 unspecified atom stereocenters. The first-order valence-electron chi connectivity index (χ1n) is 7.46. The van der Waals surface area contributed by atoms with Crippen LogP contribution in [0.15, 0.2) is 24.3 Å². The van der Waals surface area contributed by atoms with Gasteiger partial charge in [-0.3, -0.25) is 9.69 Å². The number of halogens is 1. The molecule has 124 valence electrons. The summed E-state index contributed by atoms with van der Waals surface area (Å²) >= 11 is 0. The number of rotatable bonds is 5. The van der Waals surface area contributed by atoms with Crippen molar-refractivity contribution < 1.29 is 9.53 Å². The second kappa shape index (κ2) is 8.98. The predicted molar refractivity (Wildman–Crippen MR) is 90.3 cm³/mol. The number of benzene rings is 1. The van der Waals surface area contributed by atoms with E-state index in [0.717, 1.165) is 30.8 Å². The van der Waals surface area contributed by atoms with Crippen LogP contribution in [-0.2, 0) is 11.3 Å². The Morgan fingerprint density at radius 3 is 2.95 bits per heavy atom. The number of nitrogens with zero attached hydrogens (tertiary/aromatic N) is 1. The van der Waals surface area contributed by atoms with Crippen LogP contribution in [0.1, 0.15) is 18.9 Å². The molecule has 2 atom stereocenters. The molecule has 1 saturated heterocycles. The Morgan fingerprint density at radius 1 is 1.50 bits per heavy atom. The van der Waals surface area contributed by atoms with Crippen LogP contribution >= 0.6 is 12.4 Å². The van der Waals surface area contributed by atoms with Crippen LogP contribution < -0.4 is 15.8 Å². The fourth-order valence-corrected chi connectivity index (χ4v) is 2.64. The molecule has 1 aromatic rings. The van der Waals surface area contributed by atoms with E-state index in [4.69, 9.17) is 10.5 Å². The van der Waals surface area contributed by atoms with E-state index in [0.29, 0.717) is 19.0 Å². The van der Waals surface area contributed by atoms with Crippen molar-refractivity contribution in [1.29, 1.82) is 0 Å². The fraction of sp³-hybridized carbons (Fsp3) is 0.562. The van der Waals surface area contributed by atoms with Gasteiger partial charge in [-0.15, -0.1) is 12.4 Å². The fourth-order valence-electron chi connectivity index (χ4n) is 2.64. The monoisotopic (exact) mass is 327 g/mol. The zero-order valence-electron chi connectivity index (χ0n) is 13.2. The van der Waals surface area contributed by atoms with Gasteiger partial charge in [-0.25, -0.2) is 0 Å². The molecular weight excluding hydrogens is 302 g/mol. The third kappa shape index (κ3) is 5.48. The summed E-state index contributed by atoms with van der Waals surface area (Å²) in [7, 11) is 1.64. The lowest BCUT2D eigenvalue weighted by Crippen LogP contribution is -2.48. The van der Waals surface area contributed by atoms with Gasteiger partial charge in [-0.05, 0) is 30.0 Å². The van der Waals surface area contributed by atoms with E-state index in [2.05, 4.69) is 17.1 Å².